The van der Waals surface area contributed by atoms with Gasteiger partial charge in [-0.05, 0) is 30.7 Å². The number of nitrogens with zero attached hydrogens (tertiary/aromatic N) is 1. The van der Waals surface area contributed by atoms with E-state index in [4.69, 9.17) is 11.6 Å². The maximum atomic E-state index is 6.15. The second-order valence-corrected chi connectivity index (χ2v) is 4.37. The van der Waals surface area contributed by atoms with Crippen LogP contribution in [-0.2, 0) is 6.54 Å². The highest BCUT2D eigenvalue weighted by molar-refractivity contribution is 6.35. The molecule has 1 N–H and O–H groups in total. The maximum absolute atomic E-state index is 6.15. The molecule has 92 valence electrons. The molecule has 0 atom stereocenters. The van der Waals surface area contributed by atoms with E-state index in [2.05, 4.69) is 22.1 Å². The van der Waals surface area contributed by atoms with E-state index >= 15 is 0 Å². The number of nitrogens with one attached hydrogen (secondary N) is 1. The molecule has 0 aliphatic carbocycles. The van der Waals surface area contributed by atoms with Gasteiger partial charge in [-0.3, -0.25) is 4.98 Å². The highest BCUT2D eigenvalue weighted by atomic mass is 35.5. The van der Waals surface area contributed by atoms with Gasteiger partial charge in [-0.2, -0.15) is 0 Å². The molecule has 0 fully saturated rings. The Labute approximate surface area is 112 Å². The van der Waals surface area contributed by atoms with Gasteiger partial charge in [0.15, 0.2) is 0 Å². The van der Waals surface area contributed by atoms with Crippen LogP contribution in [0.3, 0.4) is 0 Å². The van der Waals surface area contributed by atoms with Crippen LogP contribution in [0.5, 0.6) is 0 Å². The predicted molar refractivity (Wildman–Crippen MR) is 76.5 cm³/mol. The molecule has 1 aromatic heterocycles. The molecule has 3 heteroatoms. The average molecular weight is 259 g/mol. The Morgan fingerprint density at radius 2 is 2.22 bits per heavy atom. The smallest absolute Gasteiger partial charge is 0.0761 e. The fourth-order valence-corrected chi connectivity index (χ4v) is 2.05. The van der Waals surface area contributed by atoms with E-state index in [1.807, 2.05) is 31.2 Å². The summed E-state index contributed by atoms with van der Waals surface area (Å²) in [5.41, 5.74) is 2.14. The highest BCUT2D eigenvalue weighted by Crippen LogP contribution is 2.24. The topological polar surface area (TPSA) is 24.9 Å². The SMILES string of the molecule is CC#CCCNCc1ccc(Cl)c2cccnc12. The molecule has 2 nitrogen and oxygen atoms in total. The molecule has 0 aliphatic heterocycles. The Hall–Kier alpha value is -1.56. The lowest BCUT2D eigenvalue weighted by molar-refractivity contribution is 0.703. The average Bonchev–Trinajstić information content (AvgIpc) is 2.41. The summed E-state index contributed by atoms with van der Waals surface area (Å²) in [5.74, 6) is 5.92. The molecule has 0 aliphatic rings. The van der Waals surface area contributed by atoms with Gasteiger partial charge >= 0.3 is 0 Å². The Kier molecular flexibility index (Phi) is 4.58. The minimum atomic E-state index is 0.749. The molecule has 0 bridgehead atoms. The molecule has 1 heterocycles. The van der Waals surface area contributed by atoms with Crippen molar-refractivity contribution in [2.75, 3.05) is 6.54 Å². The summed E-state index contributed by atoms with van der Waals surface area (Å²) in [7, 11) is 0. The van der Waals surface area contributed by atoms with Crippen LogP contribution in [0.1, 0.15) is 18.9 Å². The van der Waals surface area contributed by atoms with Gasteiger partial charge in [-0.25, -0.2) is 0 Å². The number of hydrogen-bond donors (Lipinski definition) is 1. The fourth-order valence-electron chi connectivity index (χ4n) is 1.84. The van der Waals surface area contributed by atoms with Gasteiger partial charge in [0.05, 0.1) is 5.52 Å². The standard InChI is InChI=1S/C15H15ClN2/c1-2-3-4-9-17-11-12-7-8-14(16)13-6-5-10-18-15(12)13/h5-8,10,17H,4,9,11H2,1H3. The highest BCUT2D eigenvalue weighted by Gasteiger charge is 2.04. The molecule has 18 heavy (non-hydrogen) atoms. The number of fused-ring (bicyclic) bond motifs is 1. The van der Waals surface area contributed by atoms with Crippen LogP contribution >= 0.6 is 11.6 Å². The van der Waals surface area contributed by atoms with Gasteiger partial charge in [0.1, 0.15) is 0 Å². The number of aromatic nitrogens is 1. The van der Waals surface area contributed by atoms with Crippen molar-refractivity contribution in [1.29, 1.82) is 0 Å². The number of rotatable bonds is 4. The van der Waals surface area contributed by atoms with E-state index in [0.29, 0.717) is 0 Å². The van der Waals surface area contributed by atoms with Gasteiger partial charge in [0.2, 0.25) is 0 Å². The van der Waals surface area contributed by atoms with Crippen LogP contribution in [0, 0.1) is 11.8 Å². The molecule has 2 rings (SSSR count). The minimum absolute atomic E-state index is 0.749. The first-order chi connectivity index (χ1) is 8.83. The molecule has 1 aromatic carbocycles. The van der Waals surface area contributed by atoms with Gasteiger partial charge in [0.25, 0.3) is 0 Å². The molecular weight excluding hydrogens is 244 g/mol. The minimum Gasteiger partial charge on any atom is -0.312 e. The van der Waals surface area contributed by atoms with E-state index in [9.17, 15) is 0 Å². The number of pyridine rings is 1. The van der Waals surface area contributed by atoms with Crippen LogP contribution < -0.4 is 5.32 Å². The van der Waals surface area contributed by atoms with Crippen molar-refractivity contribution in [2.45, 2.75) is 19.9 Å². The van der Waals surface area contributed by atoms with Crippen molar-refractivity contribution in [1.82, 2.24) is 10.3 Å². The lowest BCUT2D eigenvalue weighted by Gasteiger charge is -2.07. The van der Waals surface area contributed by atoms with Crippen molar-refractivity contribution in [3.05, 3.63) is 41.0 Å². The first kappa shape index (κ1) is 12.9. The van der Waals surface area contributed by atoms with Crippen molar-refractivity contribution in [2.24, 2.45) is 0 Å². The summed E-state index contributed by atoms with van der Waals surface area (Å²) < 4.78 is 0. The zero-order valence-electron chi connectivity index (χ0n) is 10.3. The third-order valence-electron chi connectivity index (χ3n) is 2.72. The summed E-state index contributed by atoms with van der Waals surface area (Å²) in [6, 6.07) is 7.85. The summed E-state index contributed by atoms with van der Waals surface area (Å²) in [6.07, 6.45) is 2.67. The Morgan fingerprint density at radius 3 is 3.06 bits per heavy atom. The van der Waals surface area contributed by atoms with Crippen LogP contribution in [0.2, 0.25) is 5.02 Å². The quantitative estimate of drug-likeness (QED) is 0.672. The van der Waals surface area contributed by atoms with Crippen LogP contribution in [0.15, 0.2) is 30.5 Å². The molecular formula is C15H15ClN2. The number of hydrogen-bond acceptors (Lipinski definition) is 2. The van der Waals surface area contributed by atoms with Gasteiger partial charge in [-0.15, -0.1) is 11.8 Å². The zero-order valence-corrected chi connectivity index (χ0v) is 11.1. The largest absolute Gasteiger partial charge is 0.312 e. The number of halogens is 1. The van der Waals surface area contributed by atoms with Crippen molar-refractivity contribution in [3.63, 3.8) is 0 Å². The van der Waals surface area contributed by atoms with E-state index in [1.165, 1.54) is 5.56 Å². The van der Waals surface area contributed by atoms with Crippen molar-refractivity contribution < 1.29 is 0 Å². The van der Waals surface area contributed by atoms with Crippen molar-refractivity contribution >= 4 is 22.5 Å². The maximum Gasteiger partial charge on any atom is 0.0761 e. The van der Waals surface area contributed by atoms with Crippen LogP contribution in [0.4, 0.5) is 0 Å². The summed E-state index contributed by atoms with van der Waals surface area (Å²) in [4.78, 5) is 4.40. The second kappa shape index (κ2) is 6.39. The van der Waals surface area contributed by atoms with Gasteiger partial charge < -0.3 is 5.32 Å². The van der Waals surface area contributed by atoms with Crippen LogP contribution in [0.25, 0.3) is 10.9 Å². The predicted octanol–water partition coefficient (Wildman–Crippen LogP) is 3.39. The molecule has 0 unspecified atom stereocenters. The zero-order chi connectivity index (χ0) is 12.8. The lowest BCUT2D eigenvalue weighted by Crippen LogP contribution is -2.14. The third-order valence-corrected chi connectivity index (χ3v) is 3.05. The first-order valence-electron chi connectivity index (χ1n) is 5.95. The van der Waals surface area contributed by atoms with E-state index < -0.39 is 0 Å². The lowest BCUT2D eigenvalue weighted by atomic mass is 10.1. The van der Waals surface area contributed by atoms with Crippen LogP contribution in [-0.4, -0.2) is 11.5 Å². The second-order valence-electron chi connectivity index (χ2n) is 3.96. The fraction of sp³-hybridized carbons (Fsp3) is 0.267. The molecule has 0 amide bonds. The molecule has 2 aromatic rings. The normalized spacial score (nSPS) is 10.1. The molecule has 0 spiro atoms. The number of benzene rings is 1. The van der Waals surface area contributed by atoms with Gasteiger partial charge in [-0.1, -0.05) is 17.7 Å². The molecule has 0 saturated carbocycles. The first-order valence-corrected chi connectivity index (χ1v) is 6.33. The van der Waals surface area contributed by atoms with Gasteiger partial charge in [0, 0.05) is 36.1 Å². The third kappa shape index (κ3) is 3.01. The molecule has 0 saturated heterocycles. The monoisotopic (exact) mass is 258 g/mol. The Morgan fingerprint density at radius 1 is 1.33 bits per heavy atom. The summed E-state index contributed by atoms with van der Waals surface area (Å²) >= 11 is 6.15. The van der Waals surface area contributed by atoms with Crippen molar-refractivity contribution in [3.8, 4) is 11.8 Å². The summed E-state index contributed by atoms with van der Waals surface area (Å²) in [5, 5.41) is 5.12. The Bertz CT molecular complexity index is 596. The van der Waals surface area contributed by atoms with E-state index in [1.54, 1.807) is 6.20 Å². The molecule has 0 radical (unpaired) electrons. The summed E-state index contributed by atoms with van der Waals surface area (Å²) in [6.45, 7) is 3.53. The Balaban J connectivity index is 2.13. The van der Waals surface area contributed by atoms with E-state index in [0.717, 1.165) is 35.4 Å². The van der Waals surface area contributed by atoms with E-state index in [-0.39, 0.29) is 0 Å².